The third kappa shape index (κ3) is 3.57. The van der Waals surface area contributed by atoms with Crippen LogP contribution in [0, 0.1) is 0 Å². The molecule has 0 unspecified atom stereocenters. The maximum atomic E-state index is 11.5. The topological polar surface area (TPSA) is 32.3 Å². The van der Waals surface area contributed by atoms with Gasteiger partial charge in [0.05, 0.1) is 0 Å². The lowest BCUT2D eigenvalue weighted by Crippen LogP contribution is -2.25. The van der Waals surface area contributed by atoms with E-state index in [1.807, 2.05) is 31.2 Å². The van der Waals surface area contributed by atoms with E-state index >= 15 is 0 Å². The standard InChI is InChI=1S/C15H22N2O/c1-2-15(18)13-5-7-14(8-6-13)16-9-12-17-10-3-4-11-17/h5-8,16H,2-4,9-12H2,1H3. The second-order valence-electron chi connectivity index (χ2n) is 4.83. The van der Waals surface area contributed by atoms with Crippen LogP contribution >= 0.6 is 0 Å². The van der Waals surface area contributed by atoms with Gasteiger partial charge in [-0.2, -0.15) is 0 Å². The molecule has 3 nitrogen and oxygen atoms in total. The molecule has 98 valence electrons. The van der Waals surface area contributed by atoms with Crippen molar-refractivity contribution in [3.63, 3.8) is 0 Å². The molecule has 0 spiro atoms. The first kappa shape index (κ1) is 13.1. The molecule has 1 heterocycles. The van der Waals surface area contributed by atoms with E-state index in [0.29, 0.717) is 6.42 Å². The number of hydrogen-bond donors (Lipinski definition) is 1. The van der Waals surface area contributed by atoms with E-state index in [2.05, 4.69) is 10.2 Å². The van der Waals surface area contributed by atoms with Gasteiger partial charge in [-0.05, 0) is 50.2 Å². The Morgan fingerprint density at radius 1 is 1.22 bits per heavy atom. The summed E-state index contributed by atoms with van der Waals surface area (Å²) in [5.41, 5.74) is 1.91. The van der Waals surface area contributed by atoms with Crippen LogP contribution in [0.1, 0.15) is 36.5 Å². The fourth-order valence-electron chi connectivity index (χ4n) is 2.34. The van der Waals surface area contributed by atoms with E-state index in [9.17, 15) is 4.79 Å². The summed E-state index contributed by atoms with van der Waals surface area (Å²) < 4.78 is 0. The summed E-state index contributed by atoms with van der Waals surface area (Å²) in [5, 5.41) is 3.40. The number of likely N-dealkylation sites (tertiary alicyclic amines) is 1. The van der Waals surface area contributed by atoms with Crippen LogP contribution in [0.4, 0.5) is 5.69 Å². The average Bonchev–Trinajstić information content (AvgIpc) is 2.92. The summed E-state index contributed by atoms with van der Waals surface area (Å²) in [4.78, 5) is 14.0. The lowest BCUT2D eigenvalue weighted by molar-refractivity contribution is 0.0988. The summed E-state index contributed by atoms with van der Waals surface area (Å²) in [6, 6.07) is 7.80. The van der Waals surface area contributed by atoms with Crippen molar-refractivity contribution in [2.75, 3.05) is 31.5 Å². The van der Waals surface area contributed by atoms with Gasteiger partial charge in [-0.3, -0.25) is 4.79 Å². The molecule has 18 heavy (non-hydrogen) atoms. The zero-order valence-corrected chi connectivity index (χ0v) is 11.1. The zero-order valence-electron chi connectivity index (χ0n) is 11.1. The molecule has 0 atom stereocenters. The van der Waals surface area contributed by atoms with E-state index in [0.717, 1.165) is 24.3 Å². The van der Waals surface area contributed by atoms with Gasteiger partial charge in [0.15, 0.2) is 5.78 Å². The van der Waals surface area contributed by atoms with E-state index in [1.54, 1.807) is 0 Å². The molecule has 0 aliphatic carbocycles. The number of hydrogen-bond acceptors (Lipinski definition) is 3. The number of rotatable bonds is 6. The SMILES string of the molecule is CCC(=O)c1ccc(NCCN2CCCC2)cc1. The third-order valence-corrected chi connectivity index (χ3v) is 3.48. The molecule has 0 radical (unpaired) electrons. The Labute approximate surface area is 109 Å². The normalized spacial score (nSPS) is 15.8. The van der Waals surface area contributed by atoms with Crippen molar-refractivity contribution in [2.24, 2.45) is 0 Å². The summed E-state index contributed by atoms with van der Waals surface area (Å²) in [5.74, 6) is 0.207. The summed E-state index contributed by atoms with van der Waals surface area (Å²) in [7, 11) is 0. The van der Waals surface area contributed by atoms with Crippen LogP contribution in [0.5, 0.6) is 0 Å². The van der Waals surface area contributed by atoms with E-state index in [-0.39, 0.29) is 5.78 Å². The van der Waals surface area contributed by atoms with Crippen LogP contribution in [-0.2, 0) is 0 Å². The molecule has 0 bridgehead atoms. The Morgan fingerprint density at radius 3 is 2.50 bits per heavy atom. The monoisotopic (exact) mass is 246 g/mol. The van der Waals surface area contributed by atoms with Crippen LogP contribution < -0.4 is 5.32 Å². The molecule has 2 rings (SSSR count). The van der Waals surface area contributed by atoms with Gasteiger partial charge < -0.3 is 10.2 Å². The predicted molar refractivity (Wildman–Crippen MR) is 75.2 cm³/mol. The van der Waals surface area contributed by atoms with Crippen LogP contribution in [0.2, 0.25) is 0 Å². The van der Waals surface area contributed by atoms with Crippen LogP contribution in [-0.4, -0.2) is 36.9 Å². The quantitative estimate of drug-likeness (QED) is 0.783. The molecule has 0 saturated carbocycles. The van der Waals surface area contributed by atoms with E-state index in [4.69, 9.17) is 0 Å². The summed E-state index contributed by atoms with van der Waals surface area (Å²) in [6.07, 6.45) is 3.25. The van der Waals surface area contributed by atoms with Crippen molar-refractivity contribution >= 4 is 11.5 Å². The fraction of sp³-hybridized carbons (Fsp3) is 0.533. The molecule has 3 heteroatoms. The Hall–Kier alpha value is -1.35. The van der Waals surface area contributed by atoms with Crippen molar-refractivity contribution in [3.8, 4) is 0 Å². The van der Waals surface area contributed by atoms with Crippen LogP contribution in [0.25, 0.3) is 0 Å². The van der Waals surface area contributed by atoms with Crippen molar-refractivity contribution in [2.45, 2.75) is 26.2 Å². The Balaban J connectivity index is 1.77. The van der Waals surface area contributed by atoms with Gasteiger partial charge in [0.25, 0.3) is 0 Å². The highest BCUT2D eigenvalue weighted by Gasteiger charge is 2.10. The predicted octanol–water partition coefficient (Wildman–Crippen LogP) is 2.79. The molecular weight excluding hydrogens is 224 g/mol. The second kappa shape index (κ2) is 6.55. The lowest BCUT2D eigenvalue weighted by atomic mass is 10.1. The summed E-state index contributed by atoms with van der Waals surface area (Å²) in [6.45, 7) is 6.46. The third-order valence-electron chi connectivity index (χ3n) is 3.48. The average molecular weight is 246 g/mol. The first-order valence-corrected chi connectivity index (χ1v) is 6.89. The largest absolute Gasteiger partial charge is 0.384 e. The number of Topliss-reactive ketones (excluding diaryl/α,β-unsaturated/α-hetero) is 1. The number of carbonyl (C=O) groups excluding carboxylic acids is 1. The van der Waals surface area contributed by atoms with E-state index in [1.165, 1.54) is 25.9 Å². The van der Waals surface area contributed by atoms with Crippen molar-refractivity contribution in [3.05, 3.63) is 29.8 Å². The van der Waals surface area contributed by atoms with Gasteiger partial charge in [-0.1, -0.05) is 6.92 Å². The number of anilines is 1. The molecule has 1 aliphatic heterocycles. The van der Waals surface area contributed by atoms with Crippen molar-refractivity contribution in [1.82, 2.24) is 4.90 Å². The van der Waals surface area contributed by atoms with Gasteiger partial charge in [-0.25, -0.2) is 0 Å². The molecular formula is C15H22N2O. The Bertz CT molecular complexity index is 380. The number of carbonyl (C=O) groups is 1. The smallest absolute Gasteiger partial charge is 0.162 e. The number of nitrogens with one attached hydrogen (secondary N) is 1. The molecule has 1 N–H and O–H groups in total. The zero-order chi connectivity index (χ0) is 12.8. The minimum atomic E-state index is 0.207. The first-order chi connectivity index (χ1) is 8.79. The fourth-order valence-corrected chi connectivity index (χ4v) is 2.34. The first-order valence-electron chi connectivity index (χ1n) is 6.89. The van der Waals surface area contributed by atoms with Gasteiger partial charge >= 0.3 is 0 Å². The van der Waals surface area contributed by atoms with Crippen molar-refractivity contribution < 1.29 is 4.79 Å². The van der Waals surface area contributed by atoms with Gasteiger partial charge in [-0.15, -0.1) is 0 Å². The maximum absolute atomic E-state index is 11.5. The number of benzene rings is 1. The highest BCUT2D eigenvalue weighted by molar-refractivity contribution is 5.96. The Morgan fingerprint density at radius 2 is 1.89 bits per heavy atom. The van der Waals surface area contributed by atoms with Crippen LogP contribution in [0.15, 0.2) is 24.3 Å². The Kier molecular flexibility index (Phi) is 4.76. The molecule has 1 aromatic rings. The highest BCUT2D eigenvalue weighted by atomic mass is 16.1. The molecule has 1 aliphatic rings. The summed E-state index contributed by atoms with van der Waals surface area (Å²) >= 11 is 0. The molecule has 0 aromatic heterocycles. The lowest BCUT2D eigenvalue weighted by Gasteiger charge is -2.15. The van der Waals surface area contributed by atoms with Gasteiger partial charge in [0, 0.05) is 30.8 Å². The maximum Gasteiger partial charge on any atom is 0.162 e. The molecule has 1 aromatic carbocycles. The molecule has 1 saturated heterocycles. The highest BCUT2D eigenvalue weighted by Crippen LogP contribution is 2.11. The minimum absolute atomic E-state index is 0.207. The molecule has 0 amide bonds. The van der Waals surface area contributed by atoms with Crippen molar-refractivity contribution in [1.29, 1.82) is 0 Å². The minimum Gasteiger partial charge on any atom is -0.384 e. The van der Waals surface area contributed by atoms with Gasteiger partial charge in [0.2, 0.25) is 0 Å². The van der Waals surface area contributed by atoms with E-state index < -0.39 is 0 Å². The van der Waals surface area contributed by atoms with Crippen LogP contribution in [0.3, 0.4) is 0 Å². The molecule has 1 fully saturated rings. The second-order valence-corrected chi connectivity index (χ2v) is 4.83. The number of ketones is 1. The number of nitrogens with zero attached hydrogens (tertiary/aromatic N) is 1. The van der Waals surface area contributed by atoms with Gasteiger partial charge in [0.1, 0.15) is 0 Å².